The van der Waals surface area contributed by atoms with Gasteiger partial charge in [-0.1, -0.05) is 0 Å². The van der Waals surface area contributed by atoms with Gasteiger partial charge in [0, 0.05) is 11.5 Å². The number of ether oxygens (including phenoxy) is 2. The molecule has 1 saturated heterocycles. The first-order chi connectivity index (χ1) is 8.88. The van der Waals surface area contributed by atoms with Gasteiger partial charge < -0.3 is 9.47 Å². The molecule has 0 radical (unpaired) electrons. The fraction of sp³-hybridized carbons (Fsp3) is 0.692. The average molecular weight is 306 g/mol. The summed E-state index contributed by atoms with van der Waals surface area (Å²) in [4.78, 5) is 20.8. The molecule has 0 saturated carbocycles. The molecule has 0 aromatic carbocycles. The highest BCUT2D eigenvalue weighted by Gasteiger charge is 2.17. The van der Waals surface area contributed by atoms with Crippen molar-refractivity contribution in [3.05, 3.63) is 9.81 Å². The zero-order valence-electron chi connectivity index (χ0n) is 12.1. The van der Waals surface area contributed by atoms with Crippen molar-refractivity contribution < 1.29 is 19.1 Å². The van der Waals surface area contributed by atoms with E-state index in [9.17, 15) is 9.59 Å². The van der Waals surface area contributed by atoms with Crippen LogP contribution in [-0.2, 0) is 19.1 Å². The highest BCUT2D eigenvalue weighted by Crippen LogP contribution is 2.38. The van der Waals surface area contributed by atoms with E-state index < -0.39 is 0 Å². The maximum atomic E-state index is 11.4. The third kappa shape index (κ3) is 8.99. The van der Waals surface area contributed by atoms with Crippen LogP contribution in [0.5, 0.6) is 0 Å². The smallest absolute Gasteiger partial charge is 0.335 e. The van der Waals surface area contributed by atoms with E-state index >= 15 is 0 Å². The van der Waals surface area contributed by atoms with Gasteiger partial charge in [0.05, 0.1) is 22.0 Å². The fourth-order valence-corrected chi connectivity index (χ4v) is 3.49. The topological polar surface area (TPSA) is 52.6 Å². The largest absolute Gasteiger partial charge is 0.465 e. The van der Waals surface area contributed by atoms with Crippen LogP contribution in [0.4, 0.5) is 0 Å². The molecule has 0 aromatic heterocycles. The number of hydrogen-bond acceptors (Lipinski definition) is 6. The lowest BCUT2D eigenvalue weighted by Crippen LogP contribution is -2.12. The maximum absolute atomic E-state index is 11.4. The predicted molar refractivity (Wildman–Crippen MR) is 81.1 cm³/mol. The highest BCUT2D eigenvalue weighted by molar-refractivity contribution is 8.25. The second kappa shape index (κ2) is 10.2. The Morgan fingerprint density at radius 2 is 1.68 bits per heavy atom. The molecule has 1 aliphatic rings. The first-order valence-electron chi connectivity index (χ1n) is 6.15. The summed E-state index contributed by atoms with van der Waals surface area (Å²) in [6, 6.07) is 0. The molecule has 0 aromatic rings. The maximum Gasteiger partial charge on any atom is 0.335 e. The molecular formula is C13H22O4S2. The minimum absolute atomic E-state index is 0.0283. The normalized spacial score (nSPS) is 13.9. The zero-order chi connectivity index (χ0) is 14.8. The summed E-state index contributed by atoms with van der Waals surface area (Å²) in [5, 5.41) is 0. The summed E-state index contributed by atoms with van der Waals surface area (Å²) in [5.74, 6) is 2.03. The Labute approximate surface area is 123 Å². The van der Waals surface area contributed by atoms with E-state index in [-0.39, 0.29) is 18.2 Å². The van der Waals surface area contributed by atoms with E-state index in [2.05, 4.69) is 4.74 Å². The van der Waals surface area contributed by atoms with Crippen LogP contribution in [-0.4, -0.2) is 36.2 Å². The quantitative estimate of drug-likeness (QED) is 0.451. The number of hydrogen-bond donors (Lipinski definition) is 0. The van der Waals surface area contributed by atoms with Crippen LogP contribution in [0.3, 0.4) is 0 Å². The molecule has 4 nitrogen and oxygen atoms in total. The summed E-state index contributed by atoms with van der Waals surface area (Å²) in [7, 11) is 0. The molecule has 0 aliphatic carbocycles. The minimum Gasteiger partial charge on any atom is -0.465 e. The van der Waals surface area contributed by atoms with Gasteiger partial charge in [0.1, 0.15) is 0 Å². The van der Waals surface area contributed by atoms with E-state index in [1.807, 2.05) is 20.8 Å². The van der Waals surface area contributed by atoms with Crippen molar-refractivity contribution in [2.24, 2.45) is 0 Å². The van der Waals surface area contributed by atoms with Gasteiger partial charge in [0.2, 0.25) is 0 Å². The lowest BCUT2D eigenvalue weighted by molar-refractivity contribution is -0.142. The molecule has 1 heterocycles. The molecule has 6 heteroatoms. The van der Waals surface area contributed by atoms with Crippen LogP contribution in [0.25, 0.3) is 0 Å². The number of carbonyl (C=O) groups is 2. The molecular weight excluding hydrogens is 284 g/mol. The number of esters is 1. The number of carbonyl (C=O) groups excluding carboxylic acids is 2. The molecule has 0 bridgehead atoms. The van der Waals surface area contributed by atoms with E-state index in [1.165, 1.54) is 0 Å². The standard InChI is InChI=1S/C9H14O2S2.C4H8O2/c1-6(2)11-8(10)7(3)9-12-4-5-13-9;1-4(2)6-3-5/h6H,4-5H2,1-3H3;3-4H,1-2H3. The van der Waals surface area contributed by atoms with Crippen LogP contribution in [0.1, 0.15) is 34.6 Å². The number of rotatable bonds is 4. The predicted octanol–water partition coefficient (Wildman–Crippen LogP) is 3.22. The van der Waals surface area contributed by atoms with Crippen LogP contribution >= 0.6 is 23.5 Å². The molecule has 0 amide bonds. The third-order valence-electron chi connectivity index (χ3n) is 1.83. The van der Waals surface area contributed by atoms with Crippen LogP contribution < -0.4 is 0 Å². The van der Waals surface area contributed by atoms with Gasteiger partial charge >= 0.3 is 5.97 Å². The van der Waals surface area contributed by atoms with Crippen molar-refractivity contribution in [3.8, 4) is 0 Å². The molecule has 110 valence electrons. The summed E-state index contributed by atoms with van der Waals surface area (Å²) >= 11 is 3.50. The van der Waals surface area contributed by atoms with Crippen molar-refractivity contribution in [3.63, 3.8) is 0 Å². The summed E-state index contributed by atoms with van der Waals surface area (Å²) < 4.78 is 10.6. The van der Waals surface area contributed by atoms with Gasteiger partial charge in [-0.3, -0.25) is 4.79 Å². The Morgan fingerprint density at radius 1 is 1.16 bits per heavy atom. The Bertz CT molecular complexity index is 317. The van der Waals surface area contributed by atoms with E-state index in [1.54, 1.807) is 37.4 Å². The molecule has 0 atom stereocenters. The number of thioether (sulfide) groups is 2. The van der Waals surface area contributed by atoms with Gasteiger partial charge in [-0.25, -0.2) is 4.79 Å². The first kappa shape index (κ1) is 18.4. The Hall–Kier alpha value is -0.620. The lowest BCUT2D eigenvalue weighted by Gasteiger charge is -2.08. The van der Waals surface area contributed by atoms with E-state index in [0.717, 1.165) is 21.3 Å². The second-order valence-corrected chi connectivity index (χ2v) is 6.81. The van der Waals surface area contributed by atoms with Crippen molar-refractivity contribution in [1.82, 2.24) is 0 Å². The molecule has 1 rings (SSSR count). The van der Waals surface area contributed by atoms with Crippen molar-refractivity contribution in [2.75, 3.05) is 11.5 Å². The van der Waals surface area contributed by atoms with Crippen molar-refractivity contribution in [2.45, 2.75) is 46.8 Å². The van der Waals surface area contributed by atoms with Crippen molar-refractivity contribution >= 4 is 36.0 Å². The van der Waals surface area contributed by atoms with Gasteiger partial charge in [-0.15, -0.1) is 23.5 Å². The van der Waals surface area contributed by atoms with Gasteiger partial charge in [0.25, 0.3) is 6.47 Å². The zero-order valence-corrected chi connectivity index (χ0v) is 13.7. The molecule has 0 unspecified atom stereocenters. The van der Waals surface area contributed by atoms with Crippen molar-refractivity contribution in [1.29, 1.82) is 0 Å². The van der Waals surface area contributed by atoms with E-state index in [0.29, 0.717) is 6.47 Å². The van der Waals surface area contributed by atoms with Gasteiger partial charge in [-0.05, 0) is 34.6 Å². The summed E-state index contributed by atoms with van der Waals surface area (Å²) in [5.41, 5.74) is 0.765. The molecule has 1 fully saturated rings. The Kier molecular flexibility index (Phi) is 9.87. The Morgan fingerprint density at radius 3 is 2.00 bits per heavy atom. The van der Waals surface area contributed by atoms with Gasteiger partial charge in [-0.2, -0.15) is 0 Å². The molecule has 1 aliphatic heterocycles. The van der Waals surface area contributed by atoms with Crippen LogP contribution in [0.15, 0.2) is 9.81 Å². The van der Waals surface area contributed by atoms with Gasteiger partial charge in [0.15, 0.2) is 0 Å². The molecule has 19 heavy (non-hydrogen) atoms. The van der Waals surface area contributed by atoms with Crippen LogP contribution in [0, 0.1) is 0 Å². The SMILES string of the molecule is CC(C(=O)OC(C)C)=C1SCCS1.CC(C)OC=O. The summed E-state index contributed by atoms with van der Waals surface area (Å²) in [6.45, 7) is 9.62. The van der Waals surface area contributed by atoms with Crippen LogP contribution in [0.2, 0.25) is 0 Å². The fourth-order valence-electron chi connectivity index (χ4n) is 1.02. The monoisotopic (exact) mass is 306 g/mol. The average Bonchev–Trinajstić information content (AvgIpc) is 2.81. The lowest BCUT2D eigenvalue weighted by atomic mass is 10.3. The Balaban J connectivity index is 0.000000459. The summed E-state index contributed by atoms with van der Waals surface area (Å²) in [6.07, 6.45) is 0.00181. The minimum atomic E-state index is -0.174. The van der Waals surface area contributed by atoms with E-state index in [4.69, 9.17) is 4.74 Å². The second-order valence-electron chi connectivity index (χ2n) is 4.34. The highest BCUT2D eigenvalue weighted by atomic mass is 32.2. The molecule has 0 N–H and O–H groups in total. The first-order valence-corrected chi connectivity index (χ1v) is 8.12. The molecule has 0 spiro atoms. The third-order valence-corrected chi connectivity index (χ3v) is 4.75.